The first kappa shape index (κ1) is 12.1. The molecule has 0 fully saturated rings. The standard InChI is InChI=1S/C12H14FN3S/c1-8-5-9(7-10(13)6-8)12-16-15-11(17-12)3-4-14-2/h5-7,14H,3-4H2,1-2H3. The van der Waals surface area contributed by atoms with Crippen molar-refractivity contribution in [2.24, 2.45) is 0 Å². The maximum Gasteiger partial charge on any atom is 0.147 e. The lowest BCUT2D eigenvalue weighted by Gasteiger charge is -1.98. The van der Waals surface area contributed by atoms with Gasteiger partial charge >= 0.3 is 0 Å². The SMILES string of the molecule is CNCCc1nnc(-c2cc(C)cc(F)c2)s1. The first-order valence-electron chi connectivity index (χ1n) is 5.43. The van der Waals surface area contributed by atoms with Crippen molar-refractivity contribution in [1.82, 2.24) is 15.5 Å². The van der Waals surface area contributed by atoms with E-state index in [4.69, 9.17) is 0 Å². The van der Waals surface area contributed by atoms with Crippen LogP contribution in [0.1, 0.15) is 10.6 Å². The van der Waals surface area contributed by atoms with E-state index in [2.05, 4.69) is 15.5 Å². The molecule has 0 amide bonds. The van der Waals surface area contributed by atoms with Gasteiger partial charge < -0.3 is 5.32 Å². The van der Waals surface area contributed by atoms with Crippen LogP contribution in [-0.2, 0) is 6.42 Å². The monoisotopic (exact) mass is 251 g/mol. The summed E-state index contributed by atoms with van der Waals surface area (Å²) < 4.78 is 13.3. The highest BCUT2D eigenvalue weighted by molar-refractivity contribution is 7.14. The third kappa shape index (κ3) is 3.08. The molecule has 1 N–H and O–H groups in total. The maximum absolute atomic E-state index is 13.3. The third-order valence-electron chi connectivity index (χ3n) is 2.34. The van der Waals surface area contributed by atoms with Gasteiger partial charge in [-0.2, -0.15) is 0 Å². The lowest BCUT2D eigenvalue weighted by Crippen LogP contribution is -2.09. The van der Waals surface area contributed by atoms with Crippen LogP contribution >= 0.6 is 11.3 Å². The molecule has 2 aromatic rings. The van der Waals surface area contributed by atoms with E-state index in [0.29, 0.717) is 0 Å². The predicted molar refractivity (Wildman–Crippen MR) is 67.7 cm³/mol. The molecule has 0 bridgehead atoms. The molecule has 1 heterocycles. The molecule has 2 rings (SSSR count). The molecule has 0 aliphatic carbocycles. The average Bonchev–Trinajstić information content (AvgIpc) is 2.73. The number of likely N-dealkylation sites (N-methyl/N-ethyl adjacent to an activating group) is 1. The summed E-state index contributed by atoms with van der Waals surface area (Å²) >= 11 is 1.51. The Morgan fingerprint density at radius 2 is 2.12 bits per heavy atom. The number of nitrogens with one attached hydrogen (secondary N) is 1. The van der Waals surface area contributed by atoms with Crippen LogP contribution in [-0.4, -0.2) is 23.8 Å². The molecule has 0 aliphatic heterocycles. The van der Waals surface area contributed by atoms with E-state index in [1.54, 1.807) is 0 Å². The molecule has 0 unspecified atom stereocenters. The first-order chi connectivity index (χ1) is 8.19. The van der Waals surface area contributed by atoms with Crippen molar-refractivity contribution in [3.8, 4) is 10.6 Å². The second-order valence-electron chi connectivity index (χ2n) is 3.87. The summed E-state index contributed by atoms with van der Waals surface area (Å²) in [5.41, 5.74) is 1.70. The molecule has 0 saturated carbocycles. The highest BCUT2D eigenvalue weighted by atomic mass is 32.1. The summed E-state index contributed by atoms with van der Waals surface area (Å²) in [7, 11) is 1.90. The van der Waals surface area contributed by atoms with Gasteiger partial charge in [0.15, 0.2) is 0 Å². The van der Waals surface area contributed by atoms with E-state index in [0.717, 1.165) is 34.1 Å². The van der Waals surface area contributed by atoms with Crippen LogP contribution in [0.15, 0.2) is 18.2 Å². The lowest BCUT2D eigenvalue weighted by atomic mass is 10.1. The second-order valence-corrected chi connectivity index (χ2v) is 4.93. The topological polar surface area (TPSA) is 37.8 Å². The summed E-state index contributed by atoms with van der Waals surface area (Å²) in [5, 5.41) is 13.0. The molecule has 17 heavy (non-hydrogen) atoms. The molecule has 0 radical (unpaired) electrons. The summed E-state index contributed by atoms with van der Waals surface area (Å²) in [4.78, 5) is 0. The molecule has 0 saturated heterocycles. The van der Waals surface area contributed by atoms with Crippen molar-refractivity contribution in [3.63, 3.8) is 0 Å². The summed E-state index contributed by atoms with van der Waals surface area (Å²) in [6.07, 6.45) is 0.850. The maximum atomic E-state index is 13.3. The Morgan fingerprint density at radius 1 is 1.29 bits per heavy atom. The average molecular weight is 251 g/mol. The Bertz CT molecular complexity index is 490. The van der Waals surface area contributed by atoms with Gasteiger partial charge in [0, 0.05) is 18.5 Å². The van der Waals surface area contributed by atoms with Crippen LogP contribution in [0.25, 0.3) is 10.6 Å². The molecule has 90 valence electrons. The highest BCUT2D eigenvalue weighted by Gasteiger charge is 2.08. The van der Waals surface area contributed by atoms with Crippen LogP contribution in [0.3, 0.4) is 0 Å². The van der Waals surface area contributed by atoms with E-state index in [9.17, 15) is 4.39 Å². The van der Waals surface area contributed by atoms with Gasteiger partial charge in [-0.15, -0.1) is 10.2 Å². The van der Waals surface area contributed by atoms with Crippen LogP contribution in [0.4, 0.5) is 4.39 Å². The molecule has 0 atom stereocenters. The molecular weight excluding hydrogens is 237 g/mol. The number of benzene rings is 1. The highest BCUT2D eigenvalue weighted by Crippen LogP contribution is 2.25. The molecule has 1 aromatic carbocycles. The Hall–Kier alpha value is -1.33. The fourth-order valence-electron chi connectivity index (χ4n) is 1.56. The normalized spacial score (nSPS) is 10.8. The molecule has 0 aliphatic rings. The number of halogens is 1. The quantitative estimate of drug-likeness (QED) is 0.906. The zero-order valence-corrected chi connectivity index (χ0v) is 10.6. The minimum Gasteiger partial charge on any atom is -0.319 e. The van der Waals surface area contributed by atoms with Crippen LogP contribution in [0.2, 0.25) is 0 Å². The Balaban J connectivity index is 2.24. The summed E-state index contributed by atoms with van der Waals surface area (Å²) in [6, 6.07) is 4.92. The number of nitrogens with zero attached hydrogens (tertiary/aromatic N) is 2. The molecule has 5 heteroatoms. The fraction of sp³-hybridized carbons (Fsp3) is 0.333. The van der Waals surface area contributed by atoms with Crippen LogP contribution in [0.5, 0.6) is 0 Å². The van der Waals surface area contributed by atoms with Gasteiger partial charge in [0.05, 0.1) is 0 Å². The van der Waals surface area contributed by atoms with Gasteiger partial charge in [-0.3, -0.25) is 0 Å². The van der Waals surface area contributed by atoms with E-state index in [1.807, 2.05) is 20.0 Å². The minimum atomic E-state index is -0.230. The van der Waals surface area contributed by atoms with E-state index < -0.39 is 0 Å². The van der Waals surface area contributed by atoms with Gasteiger partial charge in [-0.1, -0.05) is 11.3 Å². The van der Waals surface area contributed by atoms with E-state index in [1.165, 1.54) is 23.5 Å². The van der Waals surface area contributed by atoms with Gasteiger partial charge in [0.2, 0.25) is 0 Å². The number of hydrogen-bond acceptors (Lipinski definition) is 4. The van der Waals surface area contributed by atoms with Crippen molar-refractivity contribution in [3.05, 3.63) is 34.6 Å². The zero-order chi connectivity index (χ0) is 12.3. The van der Waals surface area contributed by atoms with E-state index in [-0.39, 0.29) is 5.82 Å². The minimum absolute atomic E-state index is 0.230. The van der Waals surface area contributed by atoms with Gasteiger partial charge in [-0.05, 0) is 37.7 Å². The second kappa shape index (κ2) is 5.33. The zero-order valence-electron chi connectivity index (χ0n) is 9.83. The van der Waals surface area contributed by atoms with Crippen LogP contribution < -0.4 is 5.32 Å². The van der Waals surface area contributed by atoms with Gasteiger partial charge in [-0.25, -0.2) is 4.39 Å². The van der Waals surface area contributed by atoms with Gasteiger partial charge in [0.1, 0.15) is 15.8 Å². The Labute approximate surface area is 104 Å². The van der Waals surface area contributed by atoms with Crippen molar-refractivity contribution >= 4 is 11.3 Å². The summed E-state index contributed by atoms with van der Waals surface area (Å²) in [6.45, 7) is 2.74. The number of hydrogen-bond donors (Lipinski definition) is 1. The first-order valence-corrected chi connectivity index (χ1v) is 6.25. The largest absolute Gasteiger partial charge is 0.319 e. The molecule has 0 spiro atoms. The van der Waals surface area contributed by atoms with Crippen LogP contribution in [0, 0.1) is 12.7 Å². The molecular formula is C12H14FN3S. The van der Waals surface area contributed by atoms with E-state index >= 15 is 0 Å². The number of rotatable bonds is 4. The van der Waals surface area contributed by atoms with Crippen molar-refractivity contribution in [1.29, 1.82) is 0 Å². The number of aromatic nitrogens is 2. The lowest BCUT2D eigenvalue weighted by molar-refractivity contribution is 0.627. The molecule has 3 nitrogen and oxygen atoms in total. The predicted octanol–water partition coefficient (Wildman–Crippen LogP) is 2.41. The third-order valence-corrected chi connectivity index (χ3v) is 3.38. The fourth-order valence-corrected chi connectivity index (χ4v) is 2.39. The molecule has 1 aromatic heterocycles. The van der Waals surface area contributed by atoms with Crippen molar-refractivity contribution in [2.45, 2.75) is 13.3 Å². The number of aryl methyl sites for hydroxylation is 1. The van der Waals surface area contributed by atoms with Crippen molar-refractivity contribution < 1.29 is 4.39 Å². The summed E-state index contributed by atoms with van der Waals surface area (Å²) in [5.74, 6) is -0.230. The van der Waals surface area contributed by atoms with Gasteiger partial charge in [0.25, 0.3) is 0 Å². The smallest absolute Gasteiger partial charge is 0.147 e. The Kier molecular flexibility index (Phi) is 3.81. The van der Waals surface area contributed by atoms with Crippen molar-refractivity contribution in [2.75, 3.05) is 13.6 Å². The Morgan fingerprint density at radius 3 is 2.82 bits per heavy atom.